The Labute approximate surface area is 110 Å². The maximum Gasteiger partial charge on any atom is 0.184 e. The molecule has 0 radical (unpaired) electrons. The van der Waals surface area contributed by atoms with Crippen LogP contribution >= 0.6 is 0 Å². The van der Waals surface area contributed by atoms with Crippen molar-refractivity contribution in [3.05, 3.63) is 0 Å². The van der Waals surface area contributed by atoms with Gasteiger partial charge in [0, 0.05) is 12.8 Å². The summed E-state index contributed by atoms with van der Waals surface area (Å²) in [6.45, 7) is 1.26. The van der Waals surface area contributed by atoms with E-state index in [1.807, 2.05) is 0 Å². The highest BCUT2D eigenvalue weighted by Gasteiger charge is 2.47. The van der Waals surface area contributed by atoms with Crippen LogP contribution in [0.2, 0.25) is 0 Å². The molecule has 6 atom stereocenters. The summed E-state index contributed by atoms with van der Waals surface area (Å²) in [4.78, 5) is 22.4. The fourth-order valence-corrected chi connectivity index (χ4v) is 1.69. The van der Waals surface area contributed by atoms with Crippen LogP contribution in [0.3, 0.4) is 0 Å². The van der Waals surface area contributed by atoms with Crippen molar-refractivity contribution in [2.24, 2.45) is 0 Å². The number of ketones is 2. The summed E-state index contributed by atoms with van der Waals surface area (Å²) in [7, 11) is 0. The van der Waals surface area contributed by atoms with E-state index in [4.69, 9.17) is 1.37 Å². The van der Waals surface area contributed by atoms with Crippen molar-refractivity contribution in [2.45, 2.75) is 56.6 Å². The van der Waals surface area contributed by atoms with Crippen molar-refractivity contribution < 1.29 is 41.2 Å². The minimum absolute atomic E-state index is 0.116. The van der Waals surface area contributed by atoms with Crippen molar-refractivity contribution in [1.29, 1.82) is 0 Å². The minimum Gasteiger partial charge on any atom is -0.387 e. The van der Waals surface area contributed by atoms with Crippen LogP contribution in [-0.4, -0.2) is 73.9 Å². The lowest BCUT2D eigenvalue weighted by Crippen LogP contribution is -2.61. The van der Waals surface area contributed by atoms with Crippen molar-refractivity contribution in [1.82, 2.24) is 0 Å². The first-order valence-electron chi connectivity index (χ1n) is 6.22. The maximum absolute atomic E-state index is 11.6. The highest BCUT2D eigenvalue weighted by molar-refractivity contribution is 5.87. The Morgan fingerprint density at radius 1 is 1.16 bits per heavy atom. The molecule has 0 amide bonds. The van der Waals surface area contributed by atoms with E-state index in [2.05, 4.69) is 4.74 Å². The summed E-state index contributed by atoms with van der Waals surface area (Å²) < 4.78 is 11.8. The Balaban J connectivity index is 2.78. The zero-order valence-electron chi connectivity index (χ0n) is 11.3. The molecule has 0 aromatic carbocycles. The van der Waals surface area contributed by atoms with Gasteiger partial charge in [-0.3, -0.25) is 4.79 Å². The van der Waals surface area contributed by atoms with Crippen LogP contribution in [0.15, 0.2) is 0 Å². The average molecular weight is 279 g/mol. The van der Waals surface area contributed by atoms with Crippen molar-refractivity contribution >= 4 is 11.6 Å². The predicted molar refractivity (Wildman–Crippen MR) is 59.8 cm³/mol. The van der Waals surface area contributed by atoms with Crippen LogP contribution in [0.5, 0.6) is 0 Å². The molecule has 0 bridgehead atoms. The van der Waals surface area contributed by atoms with Gasteiger partial charge in [-0.15, -0.1) is 0 Å². The van der Waals surface area contributed by atoms with Gasteiger partial charge in [0.25, 0.3) is 0 Å². The molecule has 19 heavy (non-hydrogen) atoms. The van der Waals surface area contributed by atoms with Crippen molar-refractivity contribution in [2.75, 3.05) is 0 Å². The Bertz CT molecular complexity index is 385. The van der Waals surface area contributed by atoms with E-state index in [0.717, 1.165) is 0 Å². The lowest BCUT2D eigenvalue weighted by atomic mass is 9.92. The summed E-state index contributed by atoms with van der Waals surface area (Å²) in [6, 6.07) is 0. The molecular weight excluding hydrogens is 260 g/mol. The van der Waals surface area contributed by atoms with Gasteiger partial charge in [0.15, 0.2) is 12.0 Å². The van der Waals surface area contributed by atoms with Crippen LogP contribution in [-0.2, 0) is 14.3 Å². The van der Waals surface area contributed by atoms with E-state index in [-0.39, 0.29) is 18.6 Å². The van der Waals surface area contributed by atoms with Gasteiger partial charge >= 0.3 is 0 Å². The predicted octanol–water partition coefficient (Wildman–Crippen LogP) is -2.91. The van der Waals surface area contributed by atoms with Gasteiger partial charge in [0.2, 0.25) is 0 Å². The molecule has 0 aromatic rings. The number of Topliss-reactive ketones (excluding diaryl/α,β-unsaturated/α-hetero) is 2. The van der Waals surface area contributed by atoms with E-state index >= 15 is 0 Å². The highest BCUT2D eigenvalue weighted by atomic mass is 16.6. The molecule has 5 N–H and O–H groups in total. The molecule has 110 valence electrons. The number of hydrogen-bond donors (Lipinski definition) is 5. The zero-order chi connectivity index (χ0) is 15.7. The topological polar surface area (TPSA) is 145 Å². The molecule has 0 aromatic heterocycles. The normalized spacial score (nSPS) is 41.5. The van der Waals surface area contributed by atoms with Gasteiger partial charge in [-0.25, -0.2) is 0 Å². The Morgan fingerprint density at radius 3 is 2.26 bits per heavy atom. The largest absolute Gasteiger partial charge is 0.387 e. The summed E-state index contributed by atoms with van der Waals surface area (Å²) in [5.41, 5.74) is 0. The van der Waals surface area contributed by atoms with Crippen molar-refractivity contribution in [3.8, 4) is 0 Å². The zero-order valence-corrected chi connectivity index (χ0v) is 10.3. The molecule has 1 unspecified atom stereocenters. The molecule has 1 fully saturated rings. The third kappa shape index (κ3) is 3.78. The number of carbonyl (C=O) groups is 2. The van der Waals surface area contributed by atoms with Gasteiger partial charge in [0.05, 0.1) is 1.37 Å². The van der Waals surface area contributed by atoms with Crippen molar-refractivity contribution in [3.63, 3.8) is 0 Å². The summed E-state index contributed by atoms with van der Waals surface area (Å²) >= 11 is 0. The summed E-state index contributed by atoms with van der Waals surface area (Å²) in [5.74, 6) is -1.12. The van der Waals surface area contributed by atoms with Gasteiger partial charge in [0.1, 0.15) is 36.3 Å². The molecule has 0 spiro atoms. The van der Waals surface area contributed by atoms with E-state index in [9.17, 15) is 35.1 Å². The van der Waals surface area contributed by atoms with Gasteiger partial charge in [-0.05, 0) is 6.92 Å². The molecule has 1 rings (SSSR count). The van der Waals surface area contributed by atoms with Crippen LogP contribution in [0, 0.1) is 0 Å². The molecule has 8 heteroatoms. The number of hydrogen-bond acceptors (Lipinski definition) is 8. The second-order valence-corrected chi connectivity index (χ2v) is 4.46. The number of aliphatic hydroxyl groups is 5. The van der Waals surface area contributed by atoms with Crippen LogP contribution in [0.25, 0.3) is 0 Å². The average Bonchev–Trinajstić information content (AvgIpc) is 2.37. The quantitative estimate of drug-likeness (QED) is 0.360. The fraction of sp³-hybridized carbons (Fsp3) is 0.818. The Morgan fingerprint density at radius 2 is 1.74 bits per heavy atom. The molecule has 1 heterocycles. The van der Waals surface area contributed by atoms with Crippen LogP contribution in [0.1, 0.15) is 21.1 Å². The second kappa shape index (κ2) is 6.51. The van der Waals surface area contributed by atoms with Crippen LogP contribution in [0.4, 0.5) is 0 Å². The first kappa shape index (κ1) is 14.5. The van der Waals surface area contributed by atoms with Gasteiger partial charge in [-0.1, -0.05) is 0 Å². The molecular formula is C11H18O8. The number of carbonyl (C=O) groups excluding carboxylic acids is 2. The first-order valence-corrected chi connectivity index (χ1v) is 5.72. The molecule has 1 aliphatic rings. The third-order valence-electron chi connectivity index (χ3n) is 2.88. The third-order valence-corrected chi connectivity index (χ3v) is 2.88. The molecule has 1 saturated heterocycles. The number of rotatable bonds is 5. The van der Waals surface area contributed by atoms with E-state index in [0.29, 0.717) is 0 Å². The molecule has 0 aliphatic carbocycles. The maximum atomic E-state index is 11.6. The number of aliphatic hydroxyl groups excluding tert-OH is 4. The Hall–Kier alpha value is -0.900. The van der Waals surface area contributed by atoms with Gasteiger partial charge in [-0.2, -0.15) is 0 Å². The monoisotopic (exact) mass is 279 g/mol. The number of ether oxygens (including phenoxy) is 1. The summed E-state index contributed by atoms with van der Waals surface area (Å²) in [5, 5.41) is 47.5. The molecule has 8 nitrogen and oxygen atoms in total. The fourth-order valence-electron chi connectivity index (χ4n) is 1.69. The first-order chi connectivity index (χ1) is 9.08. The van der Waals surface area contributed by atoms with E-state index < -0.39 is 42.6 Å². The lowest BCUT2D eigenvalue weighted by Gasteiger charge is -2.39. The van der Waals surface area contributed by atoms with E-state index in [1.165, 1.54) is 6.92 Å². The molecule has 1 aliphatic heterocycles. The second-order valence-electron chi connectivity index (χ2n) is 4.46. The van der Waals surface area contributed by atoms with Gasteiger partial charge < -0.3 is 35.1 Å². The SMILES string of the molecule is [2H][C@]1(O)O[C@H](C(O)C(=O)CCC(C)=O)[C@H](O)[C@H](O)[C@H]1O. The summed E-state index contributed by atoms with van der Waals surface area (Å²) in [6.07, 6.45) is -13.1. The Kier molecular flexibility index (Phi) is 4.97. The highest BCUT2D eigenvalue weighted by Crippen LogP contribution is 2.23. The lowest BCUT2D eigenvalue weighted by molar-refractivity contribution is -0.294. The smallest absolute Gasteiger partial charge is 0.184 e. The minimum atomic E-state index is -2.97. The van der Waals surface area contributed by atoms with E-state index in [1.54, 1.807) is 0 Å². The standard InChI is InChI=1S/C11H18O8/c1-4(12)2-3-5(13)6(14)10-8(16)7(15)9(17)11(18)19-10/h6-11,14-18H,2-3H2,1H3/t6?,7-,8+,9+,10+,11-/m0/s1/i11D. The molecule has 0 saturated carbocycles. The van der Waals surface area contributed by atoms with Crippen LogP contribution < -0.4 is 0 Å².